The number of halogens is 2. The molecule has 0 fully saturated rings. The summed E-state index contributed by atoms with van der Waals surface area (Å²) in [5.74, 6) is -0.298. The van der Waals surface area contributed by atoms with E-state index in [0.29, 0.717) is 17.1 Å². The van der Waals surface area contributed by atoms with Crippen molar-refractivity contribution in [3.8, 4) is 28.6 Å². The van der Waals surface area contributed by atoms with E-state index >= 15 is 0 Å². The van der Waals surface area contributed by atoms with E-state index in [-0.39, 0.29) is 22.9 Å². The summed E-state index contributed by atoms with van der Waals surface area (Å²) < 4.78 is 39.3. The lowest BCUT2D eigenvalue weighted by Crippen LogP contribution is -2.18. The maximum absolute atomic E-state index is 13.3. The minimum atomic E-state index is -3.12. The number of aromatic nitrogens is 4. The van der Waals surface area contributed by atoms with Gasteiger partial charge in [-0.1, -0.05) is 25.3 Å². The summed E-state index contributed by atoms with van der Waals surface area (Å²) in [7, 11) is 1.32. The molecule has 3 aromatic rings. The Bertz CT molecular complexity index is 1380. The molecule has 0 atom stereocenters. The second kappa shape index (κ2) is 11.6. The summed E-state index contributed by atoms with van der Waals surface area (Å²) in [5, 5.41) is 13.7. The fourth-order valence-corrected chi connectivity index (χ4v) is 3.28. The maximum atomic E-state index is 13.3. The average Bonchev–Trinajstić information content (AvgIpc) is 3.35. The van der Waals surface area contributed by atoms with E-state index in [9.17, 15) is 13.6 Å². The van der Waals surface area contributed by atoms with E-state index in [1.165, 1.54) is 52.2 Å². The highest BCUT2D eigenvalue weighted by Gasteiger charge is 2.20. The number of nitrogens with zero attached hydrogens (tertiary/aromatic N) is 6. The topological polar surface area (TPSA) is 86.8 Å². The minimum absolute atomic E-state index is 0.0346. The van der Waals surface area contributed by atoms with Crippen molar-refractivity contribution in [2.24, 2.45) is 5.10 Å². The van der Waals surface area contributed by atoms with Gasteiger partial charge in [-0.15, -0.1) is 0 Å². The van der Waals surface area contributed by atoms with Crippen LogP contribution in [-0.2, 0) is 0 Å². The summed E-state index contributed by atoms with van der Waals surface area (Å²) in [6.07, 6.45) is 11.1. The predicted molar refractivity (Wildman–Crippen MR) is 136 cm³/mol. The number of alkyl halides is 2. The van der Waals surface area contributed by atoms with Gasteiger partial charge in [0.15, 0.2) is 17.2 Å². The van der Waals surface area contributed by atoms with Crippen LogP contribution in [0.3, 0.4) is 0 Å². The maximum Gasteiger partial charge on any atom is 0.387 e. The third-order valence-electron chi connectivity index (χ3n) is 4.90. The van der Waals surface area contributed by atoms with Crippen LogP contribution in [-0.4, -0.2) is 40.0 Å². The van der Waals surface area contributed by atoms with Crippen molar-refractivity contribution in [3.63, 3.8) is 0 Å². The number of ether oxygens (including phenoxy) is 2. The van der Waals surface area contributed by atoms with Gasteiger partial charge in [0.05, 0.1) is 36.6 Å². The number of allylic oxidation sites excluding steroid dienone is 5. The molecule has 3 rings (SSSR count). The Hall–Kier alpha value is -4.80. The van der Waals surface area contributed by atoms with E-state index in [1.54, 1.807) is 30.4 Å². The SMILES string of the molecule is C=C/C(=C\C=C/C)n1nccc1-c1nn(-c2ccc(N(C=C)N=C)cc2OC(F)F)cc(OC)c1=O. The van der Waals surface area contributed by atoms with Gasteiger partial charge in [-0.05, 0) is 37.3 Å². The van der Waals surface area contributed by atoms with Crippen LogP contribution in [0.2, 0.25) is 0 Å². The van der Waals surface area contributed by atoms with Crippen LogP contribution in [0.5, 0.6) is 11.5 Å². The Morgan fingerprint density at radius 1 is 1.25 bits per heavy atom. The van der Waals surface area contributed by atoms with Crippen LogP contribution in [0.4, 0.5) is 14.5 Å². The first kappa shape index (κ1) is 25.8. The molecule has 0 saturated heterocycles. The molecular formula is C25H24F2N6O3. The Balaban J connectivity index is 2.27. The number of hydrogen-bond donors (Lipinski definition) is 0. The third kappa shape index (κ3) is 5.30. The normalized spacial score (nSPS) is 11.5. The van der Waals surface area contributed by atoms with Crippen molar-refractivity contribution in [1.82, 2.24) is 19.6 Å². The molecule has 2 heterocycles. The molecule has 0 aliphatic heterocycles. The lowest BCUT2D eigenvalue weighted by molar-refractivity contribution is -0.0498. The Labute approximate surface area is 206 Å². The van der Waals surface area contributed by atoms with E-state index < -0.39 is 12.0 Å². The summed E-state index contributed by atoms with van der Waals surface area (Å²) >= 11 is 0. The molecule has 0 N–H and O–H groups in total. The van der Waals surface area contributed by atoms with E-state index in [0.717, 1.165) is 0 Å². The number of hydrogen-bond acceptors (Lipinski definition) is 7. The molecule has 9 nitrogen and oxygen atoms in total. The summed E-state index contributed by atoms with van der Waals surface area (Å²) in [4.78, 5) is 13.2. The number of rotatable bonds is 11. The molecule has 0 spiro atoms. The van der Waals surface area contributed by atoms with Crippen LogP contribution in [0.25, 0.3) is 22.8 Å². The smallest absolute Gasteiger partial charge is 0.387 e. The van der Waals surface area contributed by atoms with Gasteiger partial charge in [-0.25, -0.2) is 14.4 Å². The zero-order valence-electron chi connectivity index (χ0n) is 19.7. The highest BCUT2D eigenvalue weighted by molar-refractivity contribution is 5.67. The monoisotopic (exact) mass is 494 g/mol. The van der Waals surface area contributed by atoms with Gasteiger partial charge >= 0.3 is 6.61 Å². The number of methoxy groups -OCH3 is 1. The van der Waals surface area contributed by atoms with Gasteiger partial charge in [0.25, 0.3) is 5.43 Å². The molecule has 2 aromatic heterocycles. The van der Waals surface area contributed by atoms with Gasteiger partial charge in [-0.3, -0.25) is 4.79 Å². The second-order valence-electron chi connectivity index (χ2n) is 6.97. The van der Waals surface area contributed by atoms with Crippen molar-refractivity contribution < 1.29 is 18.3 Å². The molecule has 11 heteroatoms. The average molecular weight is 495 g/mol. The molecule has 0 aliphatic rings. The van der Waals surface area contributed by atoms with E-state index in [1.807, 2.05) is 13.0 Å². The van der Waals surface area contributed by atoms with E-state index in [2.05, 4.69) is 35.2 Å². The third-order valence-corrected chi connectivity index (χ3v) is 4.90. The molecular weight excluding hydrogens is 470 g/mol. The summed E-state index contributed by atoms with van der Waals surface area (Å²) in [6.45, 7) is 9.56. The van der Waals surface area contributed by atoms with Gasteiger partial charge in [0.1, 0.15) is 5.69 Å². The van der Waals surface area contributed by atoms with Crippen molar-refractivity contribution in [3.05, 3.63) is 90.5 Å². The van der Waals surface area contributed by atoms with Gasteiger partial charge in [0.2, 0.25) is 0 Å². The molecule has 186 valence electrons. The number of anilines is 1. The van der Waals surface area contributed by atoms with Crippen molar-refractivity contribution in [2.45, 2.75) is 13.5 Å². The Morgan fingerprint density at radius 3 is 2.64 bits per heavy atom. The lowest BCUT2D eigenvalue weighted by atomic mass is 10.2. The van der Waals surface area contributed by atoms with Crippen LogP contribution >= 0.6 is 0 Å². The Morgan fingerprint density at radius 2 is 2.03 bits per heavy atom. The van der Waals surface area contributed by atoms with Gasteiger partial charge < -0.3 is 9.47 Å². The molecule has 36 heavy (non-hydrogen) atoms. The van der Waals surface area contributed by atoms with Crippen molar-refractivity contribution in [1.29, 1.82) is 0 Å². The minimum Gasteiger partial charge on any atom is -0.491 e. The first-order valence-electron chi connectivity index (χ1n) is 10.5. The molecule has 1 aromatic carbocycles. The molecule has 0 saturated carbocycles. The van der Waals surface area contributed by atoms with Crippen molar-refractivity contribution in [2.75, 3.05) is 12.1 Å². The molecule has 0 aliphatic carbocycles. The summed E-state index contributed by atoms with van der Waals surface area (Å²) in [5.41, 5.74) is 0.849. The molecule has 0 unspecified atom stereocenters. The fraction of sp³-hybridized carbons (Fsp3) is 0.120. The van der Waals surface area contributed by atoms with Crippen molar-refractivity contribution >= 4 is 18.1 Å². The lowest BCUT2D eigenvalue weighted by Gasteiger charge is -2.18. The van der Waals surface area contributed by atoms with Crippen LogP contribution < -0.4 is 19.9 Å². The zero-order valence-corrected chi connectivity index (χ0v) is 19.7. The summed E-state index contributed by atoms with van der Waals surface area (Å²) in [6, 6.07) is 5.98. The fourth-order valence-electron chi connectivity index (χ4n) is 3.28. The predicted octanol–water partition coefficient (Wildman–Crippen LogP) is 4.87. The molecule has 0 amide bonds. The van der Waals surface area contributed by atoms with Gasteiger partial charge in [0, 0.05) is 19.0 Å². The molecule has 0 bridgehead atoms. The highest BCUT2D eigenvalue weighted by atomic mass is 19.3. The first-order valence-corrected chi connectivity index (χ1v) is 10.5. The number of benzene rings is 1. The highest BCUT2D eigenvalue weighted by Crippen LogP contribution is 2.31. The van der Waals surface area contributed by atoms with Crippen LogP contribution in [0, 0.1) is 0 Å². The second-order valence-corrected chi connectivity index (χ2v) is 6.97. The van der Waals surface area contributed by atoms with Gasteiger partial charge in [-0.2, -0.15) is 24.1 Å². The largest absolute Gasteiger partial charge is 0.491 e. The quantitative estimate of drug-likeness (QED) is 0.215. The van der Waals surface area contributed by atoms with E-state index in [4.69, 9.17) is 9.47 Å². The van der Waals surface area contributed by atoms with Crippen LogP contribution in [0.15, 0.2) is 90.2 Å². The zero-order chi connectivity index (χ0) is 26.2. The first-order chi connectivity index (χ1) is 17.4. The number of hydrazone groups is 1. The molecule has 0 radical (unpaired) electrons. The standard InChI is InChI=1S/C25H24F2N6O3/c1-6-9-10-17(7-2)33-20(13-14-29-33)23-24(34)22(35-5)16-32(30-23)19-12-11-18(31(8-3)28-4)15-21(19)36-25(26)27/h6-16,25H,2-4H2,1,5H3/b9-6-,17-10+. The Kier molecular flexibility index (Phi) is 8.29. The van der Waals surface area contributed by atoms with Crippen LogP contribution in [0.1, 0.15) is 6.92 Å².